The Bertz CT molecular complexity index is 683. The molecule has 0 unspecified atom stereocenters. The number of hydrogen-bond donors (Lipinski definition) is 2. The molecular weight excluding hydrogens is 318 g/mol. The molecule has 0 bridgehead atoms. The third-order valence-corrected chi connectivity index (χ3v) is 3.68. The lowest BCUT2D eigenvalue weighted by atomic mass is 10.0. The van der Waals surface area contributed by atoms with E-state index in [1.165, 1.54) is 0 Å². The third kappa shape index (κ3) is 6.30. The third-order valence-electron chi connectivity index (χ3n) is 3.68. The first-order chi connectivity index (χ1) is 12.1. The maximum Gasteiger partial charge on any atom is 0.305 e. The molecule has 1 atom stereocenters. The minimum atomic E-state index is -0.962. The topological polar surface area (TPSA) is 75.6 Å². The molecule has 0 saturated heterocycles. The van der Waals surface area contributed by atoms with Gasteiger partial charge in [0.15, 0.2) is 0 Å². The van der Waals surface area contributed by atoms with Crippen molar-refractivity contribution in [2.45, 2.75) is 32.2 Å². The number of rotatable bonds is 9. The van der Waals surface area contributed by atoms with Gasteiger partial charge in [-0.15, -0.1) is 0 Å². The predicted octanol–water partition coefficient (Wildman–Crippen LogP) is 3.35. The fraction of sp³-hybridized carbons (Fsp3) is 0.300. The molecule has 2 rings (SSSR count). The normalized spacial score (nSPS) is 11.6. The molecule has 2 aromatic carbocycles. The highest BCUT2D eigenvalue weighted by Gasteiger charge is 2.18. The molecule has 0 aliphatic heterocycles. The van der Waals surface area contributed by atoms with Crippen molar-refractivity contribution in [3.8, 4) is 5.75 Å². The van der Waals surface area contributed by atoms with Crippen molar-refractivity contribution in [1.29, 1.82) is 0 Å². The molecule has 1 amide bonds. The average Bonchev–Trinajstić information content (AvgIpc) is 2.60. The van der Waals surface area contributed by atoms with E-state index in [1.807, 2.05) is 37.3 Å². The van der Waals surface area contributed by atoms with Gasteiger partial charge in [-0.1, -0.05) is 49.4 Å². The molecule has 5 nitrogen and oxygen atoms in total. The van der Waals surface area contributed by atoms with Gasteiger partial charge in [-0.2, -0.15) is 0 Å². The summed E-state index contributed by atoms with van der Waals surface area (Å²) in [5, 5.41) is 12.0. The van der Waals surface area contributed by atoms with Gasteiger partial charge in [0.1, 0.15) is 5.75 Å². The van der Waals surface area contributed by atoms with Gasteiger partial charge in [0.25, 0.3) is 0 Å². The van der Waals surface area contributed by atoms with Crippen molar-refractivity contribution in [2.75, 3.05) is 6.61 Å². The van der Waals surface area contributed by atoms with Crippen molar-refractivity contribution in [3.63, 3.8) is 0 Å². The molecule has 25 heavy (non-hydrogen) atoms. The fourth-order valence-corrected chi connectivity index (χ4v) is 2.47. The van der Waals surface area contributed by atoms with Crippen LogP contribution >= 0.6 is 0 Å². The van der Waals surface area contributed by atoms with Gasteiger partial charge in [0.05, 0.1) is 25.5 Å². The van der Waals surface area contributed by atoms with E-state index in [0.717, 1.165) is 23.3 Å². The van der Waals surface area contributed by atoms with Gasteiger partial charge in [-0.3, -0.25) is 9.59 Å². The van der Waals surface area contributed by atoms with Crippen LogP contribution in [0.3, 0.4) is 0 Å². The van der Waals surface area contributed by atoms with Gasteiger partial charge in [-0.05, 0) is 29.7 Å². The van der Waals surface area contributed by atoms with Crippen LogP contribution in [0.4, 0.5) is 0 Å². The summed E-state index contributed by atoms with van der Waals surface area (Å²) in [6.07, 6.45) is 0.962. The second-order valence-electron chi connectivity index (χ2n) is 5.80. The fourth-order valence-electron chi connectivity index (χ4n) is 2.47. The minimum absolute atomic E-state index is 0.171. The Morgan fingerprint density at radius 1 is 1.08 bits per heavy atom. The number of benzene rings is 2. The molecule has 0 aliphatic carbocycles. The summed E-state index contributed by atoms with van der Waals surface area (Å²) < 4.78 is 5.53. The second kappa shape index (κ2) is 9.47. The zero-order chi connectivity index (χ0) is 18.1. The highest BCUT2D eigenvalue weighted by atomic mass is 16.5. The number of carboxylic acid groups (broad SMARTS) is 1. The summed E-state index contributed by atoms with van der Waals surface area (Å²) in [6.45, 7) is 2.66. The molecule has 0 aliphatic rings. The molecule has 0 fully saturated rings. The summed E-state index contributed by atoms with van der Waals surface area (Å²) in [7, 11) is 0. The maximum absolute atomic E-state index is 12.3. The van der Waals surface area contributed by atoms with E-state index in [2.05, 4.69) is 5.32 Å². The number of nitrogens with one attached hydrogen (secondary N) is 1. The van der Waals surface area contributed by atoms with Crippen LogP contribution in [0.25, 0.3) is 0 Å². The van der Waals surface area contributed by atoms with Gasteiger partial charge in [0.2, 0.25) is 5.91 Å². The summed E-state index contributed by atoms with van der Waals surface area (Å²) in [5.74, 6) is -0.435. The zero-order valence-corrected chi connectivity index (χ0v) is 14.3. The molecule has 5 heteroatoms. The average molecular weight is 341 g/mol. The van der Waals surface area contributed by atoms with Gasteiger partial charge >= 0.3 is 5.97 Å². The SMILES string of the molecule is CCCOc1ccc([C@H](CC(=O)O)NC(=O)Cc2ccccc2)cc1. The molecule has 132 valence electrons. The lowest BCUT2D eigenvalue weighted by molar-refractivity contribution is -0.137. The smallest absolute Gasteiger partial charge is 0.305 e. The van der Waals surface area contributed by atoms with Crippen LogP contribution in [0, 0.1) is 0 Å². The van der Waals surface area contributed by atoms with Crippen molar-refractivity contribution < 1.29 is 19.4 Å². The Balaban J connectivity index is 2.04. The summed E-state index contributed by atoms with van der Waals surface area (Å²) in [5.41, 5.74) is 1.63. The number of aliphatic carboxylic acids is 1. The Labute approximate surface area is 147 Å². The van der Waals surface area contributed by atoms with Crippen LogP contribution < -0.4 is 10.1 Å². The highest BCUT2D eigenvalue weighted by molar-refractivity contribution is 5.80. The molecule has 0 saturated carbocycles. The number of carboxylic acids is 1. The van der Waals surface area contributed by atoms with Crippen molar-refractivity contribution in [2.24, 2.45) is 0 Å². The van der Waals surface area contributed by atoms with Crippen LogP contribution in [0.15, 0.2) is 54.6 Å². The van der Waals surface area contributed by atoms with Crippen LogP contribution in [-0.4, -0.2) is 23.6 Å². The quantitative estimate of drug-likeness (QED) is 0.733. The Morgan fingerprint density at radius 2 is 1.76 bits per heavy atom. The first kappa shape index (κ1) is 18.5. The first-order valence-electron chi connectivity index (χ1n) is 8.36. The van der Waals surface area contributed by atoms with Crippen molar-refractivity contribution in [3.05, 3.63) is 65.7 Å². The minimum Gasteiger partial charge on any atom is -0.494 e. The predicted molar refractivity (Wildman–Crippen MR) is 95.5 cm³/mol. The molecule has 0 radical (unpaired) electrons. The van der Waals surface area contributed by atoms with Crippen molar-refractivity contribution >= 4 is 11.9 Å². The van der Waals surface area contributed by atoms with E-state index in [9.17, 15) is 9.59 Å². The lowest BCUT2D eigenvalue weighted by Crippen LogP contribution is -2.31. The van der Waals surface area contributed by atoms with Crippen LogP contribution in [0.2, 0.25) is 0 Å². The summed E-state index contributed by atoms with van der Waals surface area (Å²) in [6, 6.07) is 16.0. The molecule has 0 aromatic heterocycles. The zero-order valence-electron chi connectivity index (χ0n) is 14.3. The van der Waals surface area contributed by atoms with Crippen LogP contribution in [0.1, 0.15) is 36.9 Å². The monoisotopic (exact) mass is 341 g/mol. The standard InChI is InChI=1S/C20H23NO4/c1-2-12-25-17-10-8-16(9-11-17)18(14-20(23)24)21-19(22)13-15-6-4-3-5-7-15/h3-11,18H,2,12-14H2,1H3,(H,21,22)(H,23,24)/t18-/m0/s1. The highest BCUT2D eigenvalue weighted by Crippen LogP contribution is 2.21. The number of carbonyl (C=O) groups is 2. The van der Waals surface area contributed by atoms with Crippen LogP contribution in [0.5, 0.6) is 5.75 Å². The maximum atomic E-state index is 12.3. The molecule has 2 aromatic rings. The first-order valence-corrected chi connectivity index (χ1v) is 8.36. The number of carbonyl (C=O) groups excluding carboxylic acids is 1. The summed E-state index contributed by atoms with van der Waals surface area (Å²) >= 11 is 0. The van der Waals surface area contributed by atoms with Gasteiger partial charge in [0, 0.05) is 0 Å². The lowest BCUT2D eigenvalue weighted by Gasteiger charge is -2.18. The Hall–Kier alpha value is -2.82. The van der Waals surface area contributed by atoms with Gasteiger partial charge < -0.3 is 15.2 Å². The summed E-state index contributed by atoms with van der Waals surface area (Å²) in [4.78, 5) is 23.4. The van der Waals surface area contributed by atoms with Crippen molar-refractivity contribution in [1.82, 2.24) is 5.32 Å². The number of amides is 1. The molecular formula is C20H23NO4. The largest absolute Gasteiger partial charge is 0.494 e. The van der Waals surface area contributed by atoms with Crippen LogP contribution in [-0.2, 0) is 16.0 Å². The molecule has 0 spiro atoms. The second-order valence-corrected chi connectivity index (χ2v) is 5.80. The Morgan fingerprint density at radius 3 is 2.36 bits per heavy atom. The van der Waals surface area contributed by atoms with Gasteiger partial charge in [-0.25, -0.2) is 0 Å². The van der Waals surface area contributed by atoms with E-state index in [1.54, 1.807) is 24.3 Å². The number of hydrogen-bond acceptors (Lipinski definition) is 3. The van der Waals surface area contributed by atoms with E-state index >= 15 is 0 Å². The van der Waals surface area contributed by atoms with E-state index in [4.69, 9.17) is 9.84 Å². The number of ether oxygens (including phenoxy) is 1. The Kier molecular flexibility index (Phi) is 7.01. The van der Waals surface area contributed by atoms with E-state index < -0.39 is 12.0 Å². The molecule has 0 heterocycles. The van der Waals surface area contributed by atoms with E-state index in [0.29, 0.717) is 6.61 Å². The molecule has 2 N–H and O–H groups in total. The van der Waals surface area contributed by atoms with E-state index in [-0.39, 0.29) is 18.7 Å².